The number of nitrogen functional groups attached to an aromatic ring is 1. The molecule has 5 heteroatoms. The normalized spacial score (nSPS) is 16.4. The van der Waals surface area contributed by atoms with Crippen LogP contribution < -0.4 is 10.6 Å². The number of amidine groups is 1. The molecule has 110 valence electrons. The number of piperazine rings is 1. The van der Waals surface area contributed by atoms with E-state index in [1.807, 2.05) is 12.3 Å². The first kappa shape index (κ1) is 15.2. The SMILES string of the molecule is CCCN1CCN(c2cccc(SC)c2C(=N)N)CC1. The molecule has 0 unspecified atom stereocenters. The van der Waals surface area contributed by atoms with E-state index >= 15 is 0 Å². The molecule has 0 bridgehead atoms. The van der Waals surface area contributed by atoms with E-state index < -0.39 is 0 Å². The minimum Gasteiger partial charge on any atom is -0.384 e. The van der Waals surface area contributed by atoms with Crippen molar-refractivity contribution in [2.24, 2.45) is 5.73 Å². The van der Waals surface area contributed by atoms with Gasteiger partial charge in [-0.05, 0) is 31.4 Å². The van der Waals surface area contributed by atoms with Crippen molar-refractivity contribution < 1.29 is 0 Å². The second-order valence-electron chi connectivity index (χ2n) is 5.10. The molecule has 0 amide bonds. The fourth-order valence-corrected chi connectivity index (χ4v) is 3.39. The van der Waals surface area contributed by atoms with Crippen molar-refractivity contribution in [1.82, 2.24) is 4.90 Å². The van der Waals surface area contributed by atoms with Gasteiger partial charge in [0.15, 0.2) is 0 Å². The van der Waals surface area contributed by atoms with Crippen molar-refractivity contribution in [1.29, 1.82) is 5.41 Å². The van der Waals surface area contributed by atoms with Crippen LogP contribution in [0.25, 0.3) is 0 Å². The minimum atomic E-state index is 0.168. The molecule has 0 saturated carbocycles. The zero-order valence-corrected chi connectivity index (χ0v) is 13.2. The number of thioether (sulfide) groups is 1. The van der Waals surface area contributed by atoms with Gasteiger partial charge >= 0.3 is 0 Å². The summed E-state index contributed by atoms with van der Waals surface area (Å²) in [7, 11) is 0. The molecule has 1 saturated heterocycles. The predicted octanol–water partition coefficient (Wildman–Crippen LogP) is 2.22. The number of hydrogen-bond donors (Lipinski definition) is 2. The Morgan fingerprint density at radius 3 is 2.55 bits per heavy atom. The van der Waals surface area contributed by atoms with Gasteiger partial charge in [-0.2, -0.15) is 0 Å². The van der Waals surface area contributed by atoms with Crippen LogP contribution >= 0.6 is 11.8 Å². The van der Waals surface area contributed by atoms with Crippen molar-refractivity contribution in [2.45, 2.75) is 18.2 Å². The van der Waals surface area contributed by atoms with Crippen LogP contribution in [0.1, 0.15) is 18.9 Å². The third kappa shape index (κ3) is 3.27. The maximum atomic E-state index is 7.87. The van der Waals surface area contributed by atoms with Crippen LogP contribution in [0.2, 0.25) is 0 Å². The molecule has 0 atom stereocenters. The number of benzene rings is 1. The Morgan fingerprint density at radius 2 is 2.00 bits per heavy atom. The highest BCUT2D eigenvalue weighted by molar-refractivity contribution is 7.98. The minimum absolute atomic E-state index is 0.168. The monoisotopic (exact) mass is 292 g/mol. The quantitative estimate of drug-likeness (QED) is 0.496. The highest BCUT2D eigenvalue weighted by Gasteiger charge is 2.20. The number of nitrogens with two attached hydrogens (primary N) is 1. The number of nitrogens with zero attached hydrogens (tertiary/aromatic N) is 2. The summed E-state index contributed by atoms with van der Waals surface area (Å²) < 4.78 is 0. The largest absolute Gasteiger partial charge is 0.384 e. The van der Waals surface area contributed by atoms with E-state index in [1.54, 1.807) is 11.8 Å². The first-order valence-corrected chi connectivity index (χ1v) is 8.38. The summed E-state index contributed by atoms with van der Waals surface area (Å²) in [6, 6.07) is 6.19. The van der Waals surface area contributed by atoms with Gasteiger partial charge in [-0.25, -0.2) is 0 Å². The van der Waals surface area contributed by atoms with Gasteiger partial charge in [-0.3, -0.25) is 10.3 Å². The van der Waals surface area contributed by atoms with Gasteiger partial charge in [0.25, 0.3) is 0 Å². The summed E-state index contributed by atoms with van der Waals surface area (Å²) in [5.74, 6) is 0.168. The molecule has 2 rings (SSSR count). The molecule has 0 aliphatic carbocycles. The summed E-state index contributed by atoms with van der Waals surface area (Å²) in [4.78, 5) is 5.95. The van der Waals surface area contributed by atoms with Gasteiger partial charge in [0, 0.05) is 36.8 Å². The molecular formula is C15H24N4S. The van der Waals surface area contributed by atoms with E-state index in [4.69, 9.17) is 11.1 Å². The van der Waals surface area contributed by atoms with Crippen LogP contribution in [0.15, 0.2) is 23.1 Å². The average molecular weight is 292 g/mol. The predicted molar refractivity (Wildman–Crippen MR) is 88.2 cm³/mol. The third-order valence-corrected chi connectivity index (χ3v) is 4.53. The lowest BCUT2D eigenvalue weighted by molar-refractivity contribution is 0.258. The molecule has 1 aromatic carbocycles. The lowest BCUT2D eigenvalue weighted by atomic mass is 10.1. The first-order chi connectivity index (χ1) is 9.67. The highest BCUT2D eigenvalue weighted by Crippen LogP contribution is 2.30. The van der Waals surface area contributed by atoms with Crippen molar-refractivity contribution in [3.63, 3.8) is 0 Å². The molecule has 0 radical (unpaired) electrons. The fourth-order valence-electron chi connectivity index (χ4n) is 2.75. The maximum absolute atomic E-state index is 7.87. The zero-order chi connectivity index (χ0) is 14.5. The Kier molecular flexibility index (Phi) is 5.31. The van der Waals surface area contributed by atoms with E-state index in [0.29, 0.717) is 0 Å². The third-order valence-electron chi connectivity index (χ3n) is 3.75. The smallest absolute Gasteiger partial charge is 0.126 e. The molecule has 1 aromatic rings. The Bertz CT molecular complexity index is 467. The molecule has 1 aliphatic rings. The molecule has 0 aromatic heterocycles. The number of hydrogen-bond acceptors (Lipinski definition) is 4. The molecule has 4 nitrogen and oxygen atoms in total. The van der Waals surface area contributed by atoms with E-state index in [1.165, 1.54) is 13.0 Å². The Morgan fingerprint density at radius 1 is 1.30 bits per heavy atom. The lowest BCUT2D eigenvalue weighted by Crippen LogP contribution is -2.47. The standard InChI is InChI=1S/C15H24N4S/c1-3-7-18-8-10-19(11-9-18)12-5-4-6-13(20-2)14(12)15(16)17/h4-6H,3,7-11H2,1-2H3,(H3,16,17). The van der Waals surface area contributed by atoms with Gasteiger partial charge < -0.3 is 10.6 Å². The molecule has 1 heterocycles. The van der Waals surface area contributed by atoms with Crippen LogP contribution in [0, 0.1) is 5.41 Å². The van der Waals surface area contributed by atoms with Crippen LogP contribution in [-0.4, -0.2) is 49.7 Å². The van der Waals surface area contributed by atoms with Crippen LogP contribution in [0.5, 0.6) is 0 Å². The molecule has 1 fully saturated rings. The van der Waals surface area contributed by atoms with Crippen molar-refractivity contribution in [3.8, 4) is 0 Å². The molecule has 1 aliphatic heterocycles. The topological polar surface area (TPSA) is 56.4 Å². The van der Waals surface area contributed by atoms with Crippen molar-refractivity contribution in [3.05, 3.63) is 23.8 Å². The summed E-state index contributed by atoms with van der Waals surface area (Å²) in [5, 5.41) is 7.87. The van der Waals surface area contributed by atoms with Gasteiger partial charge in [-0.1, -0.05) is 13.0 Å². The summed E-state index contributed by atoms with van der Waals surface area (Å²) in [6.07, 6.45) is 3.24. The van der Waals surface area contributed by atoms with Crippen LogP contribution in [0.3, 0.4) is 0 Å². The molecule has 3 N–H and O–H groups in total. The average Bonchev–Trinajstić information content (AvgIpc) is 2.47. The highest BCUT2D eigenvalue weighted by atomic mass is 32.2. The van der Waals surface area contributed by atoms with Crippen molar-refractivity contribution in [2.75, 3.05) is 43.9 Å². The van der Waals surface area contributed by atoms with Gasteiger partial charge in [0.1, 0.15) is 5.84 Å². The van der Waals surface area contributed by atoms with Gasteiger partial charge in [0.2, 0.25) is 0 Å². The molecule has 20 heavy (non-hydrogen) atoms. The van der Waals surface area contributed by atoms with E-state index in [2.05, 4.69) is 28.9 Å². The van der Waals surface area contributed by atoms with Crippen LogP contribution in [0.4, 0.5) is 5.69 Å². The first-order valence-electron chi connectivity index (χ1n) is 7.16. The Balaban J connectivity index is 2.19. The molecular weight excluding hydrogens is 268 g/mol. The van der Waals surface area contributed by atoms with Gasteiger partial charge in [-0.15, -0.1) is 11.8 Å². The Hall–Kier alpha value is -1.20. The Labute approximate surface area is 125 Å². The summed E-state index contributed by atoms with van der Waals surface area (Å²) in [6.45, 7) is 7.61. The fraction of sp³-hybridized carbons (Fsp3) is 0.533. The zero-order valence-electron chi connectivity index (χ0n) is 12.4. The lowest BCUT2D eigenvalue weighted by Gasteiger charge is -2.37. The maximum Gasteiger partial charge on any atom is 0.126 e. The number of nitrogens with one attached hydrogen (secondary N) is 1. The molecule has 0 spiro atoms. The van der Waals surface area contributed by atoms with Crippen LogP contribution in [-0.2, 0) is 0 Å². The van der Waals surface area contributed by atoms with Gasteiger partial charge in [0.05, 0.1) is 5.56 Å². The number of rotatable bonds is 5. The second kappa shape index (κ2) is 6.99. The van der Waals surface area contributed by atoms with E-state index in [9.17, 15) is 0 Å². The van der Waals surface area contributed by atoms with E-state index in [0.717, 1.165) is 42.3 Å². The summed E-state index contributed by atoms with van der Waals surface area (Å²) >= 11 is 1.65. The van der Waals surface area contributed by atoms with E-state index in [-0.39, 0.29) is 5.84 Å². The summed E-state index contributed by atoms with van der Waals surface area (Å²) in [5.41, 5.74) is 7.81. The second-order valence-corrected chi connectivity index (χ2v) is 5.94. The number of anilines is 1. The van der Waals surface area contributed by atoms with Crippen molar-refractivity contribution >= 4 is 23.3 Å².